The van der Waals surface area contributed by atoms with Gasteiger partial charge in [-0.2, -0.15) is 0 Å². The fraction of sp³-hybridized carbons (Fsp3) is 1.00. The van der Waals surface area contributed by atoms with Gasteiger partial charge in [-0.25, -0.2) is 10.9 Å². The molecule has 2 fully saturated rings. The summed E-state index contributed by atoms with van der Waals surface area (Å²) < 4.78 is 0. The maximum absolute atomic E-state index is 3.38. The van der Waals surface area contributed by atoms with E-state index in [0.717, 1.165) is 12.6 Å². The van der Waals surface area contributed by atoms with Gasteiger partial charge in [-0.3, -0.25) is 5.32 Å². The molecule has 58 valence electrons. The van der Waals surface area contributed by atoms with E-state index in [9.17, 15) is 0 Å². The van der Waals surface area contributed by atoms with Crippen LogP contribution in [-0.2, 0) is 0 Å². The number of rotatable bonds is 1. The average molecular weight is 141 g/mol. The molecule has 0 aromatic rings. The zero-order valence-electron chi connectivity index (χ0n) is 6.19. The lowest BCUT2D eigenvalue weighted by Crippen LogP contribution is -2.39. The first-order valence-electron chi connectivity index (χ1n) is 4.18. The second-order valence-electron chi connectivity index (χ2n) is 3.22. The second kappa shape index (κ2) is 2.86. The van der Waals surface area contributed by atoms with Crippen molar-refractivity contribution in [1.82, 2.24) is 16.2 Å². The third kappa shape index (κ3) is 1.17. The van der Waals surface area contributed by atoms with Crippen LogP contribution >= 0.6 is 0 Å². The molecule has 3 N–H and O–H groups in total. The first-order valence-corrected chi connectivity index (χ1v) is 4.18. The van der Waals surface area contributed by atoms with Crippen LogP contribution in [0.2, 0.25) is 0 Å². The Balaban J connectivity index is 1.85. The molecule has 1 saturated heterocycles. The van der Waals surface area contributed by atoms with E-state index in [-0.39, 0.29) is 0 Å². The maximum Gasteiger partial charge on any atom is 0.0743 e. The second-order valence-corrected chi connectivity index (χ2v) is 3.22. The minimum atomic E-state index is 0.544. The van der Waals surface area contributed by atoms with E-state index in [1.165, 1.54) is 25.7 Å². The molecule has 1 atom stereocenters. The third-order valence-corrected chi connectivity index (χ3v) is 2.54. The molecular formula is C7H15N3. The summed E-state index contributed by atoms with van der Waals surface area (Å²) in [6, 6.07) is 0. The van der Waals surface area contributed by atoms with E-state index in [0.29, 0.717) is 6.17 Å². The Morgan fingerprint density at radius 2 is 1.90 bits per heavy atom. The molecule has 1 saturated carbocycles. The van der Waals surface area contributed by atoms with E-state index in [1.54, 1.807) is 0 Å². The number of hydrogen-bond acceptors (Lipinski definition) is 3. The van der Waals surface area contributed by atoms with E-state index < -0.39 is 0 Å². The molecule has 10 heavy (non-hydrogen) atoms. The first kappa shape index (κ1) is 6.58. The van der Waals surface area contributed by atoms with Crippen LogP contribution in [0.3, 0.4) is 0 Å². The van der Waals surface area contributed by atoms with Gasteiger partial charge in [-0.05, 0) is 18.8 Å². The van der Waals surface area contributed by atoms with Crippen molar-refractivity contribution in [2.75, 3.05) is 6.67 Å². The molecule has 0 aromatic heterocycles. The zero-order valence-corrected chi connectivity index (χ0v) is 6.19. The first-order chi connectivity index (χ1) is 4.97. The lowest BCUT2D eigenvalue weighted by molar-refractivity contribution is 0.359. The van der Waals surface area contributed by atoms with Gasteiger partial charge in [-0.15, -0.1) is 0 Å². The molecule has 1 aliphatic heterocycles. The largest absolute Gasteiger partial charge is 0.287 e. The molecule has 1 unspecified atom stereocenters. The van der Waals surface area contributed by atoms with Crippen LogP contribution in [-0.4, -0.2) is 12.8 Å². The van der Waals surface area contributed by atoms with Crippen molar-refractivity contribution in [3.8, 4) is 0 Å². The number of nitrogens with one attached hydrogen (secondary N) is 3. The minimum absolute atomic E-state index is 0.544. The van der Waals surface area contributed by atoms with Crippen LogP contribution in [0.25, 0.3) is 0 Å². The molecule has 0 amide bonds. The standard InChI is InChI=1S/C7H15N3/c1-2-4-6(3-1)7-8-5-9-10-7/h6-10H,1-5H2. The van der Waals surface area contributed by atoms with Crippen LogP contribution in [0.5, 0.6) is 0 Å². The normalized spacial score (nSPS) is 35.4. The van der Waals surface area contributed by atoms with Gasteiger partial charge in [0, 0.05) is 0 Å². The van der Waals surface area contributed by atoms with E-state index >= 15 is 0 Å². The molecule has 2 rings (SSSR count). The summed E-state index contributed by atoms with van der Waals surface area (Å²) in [4.78, 5) is 0. The molecule has 0 bridgehead atoms. The summed E-state index contributed by atoms with van der Waals surface area (Å²) in [5.74, 6) is 0.870. The summed E-state index contributed by atoms with van der Waals surface area (Å²) in [7, 11) is 0. The fourth-order valence-corrected chi connectivity index (χ4v) is 1.95. The Labute approximate surface area is 61.5 Å². The van der Waals surface area contributed by atoms with Gasteiger partial charge in [0.2, 0.25) is 0 Å². The monoisotopic (exact) mass is 141 g/mol. The van der Waals surface area contributed by atoms with Crippen molar-refractivity contribution in [2.24, 2.45) is 5.92 Å². The molecule has 3 nitrogen and oxygen atoms in total. The quantitative estimate of drug-likeness (QED) is 0.487. The van der Waals surface area contributed by atoms with Gasteiger partial charge in [0.25, 0.3) is 0 Å². The SMILES string of the molecule is C1CCC(C2NCNN2)C1. The van der Waals surface area contributed by atoms with Crippen molar-refractivity contribution in [1.29, 1.82) is 0 Å². The lowest BCUT2D eigenvalue weighted by atomic mass is 10.1. The average Bonchev–Trinajstić information content (AvgIpc) is 2.59. The minimum Gasteiger partial charge on any atom is -0.287 e. The Hall–Kier alpha value is -0.120. The van der Waals surface area contributed by atoms with Gasteiger partial charge in [-0.1, -0.05) is 12.8 Å². The molecule has 1 aliphatic carbocycles. The van der Waals surface area contributed by atoms with Gasteiger partial charge in [0.15, 0.2) is 0 Å². The van der Waals surface area contributed by atoms with Crippen molar-refractivity contribution >= 4 is 0 Å². The molecule has 3 heteroatoms. The Morgan fingerprint density at radius 3 is 2.50 bits per heavy atom. The molecule has 1 heterocycles. The predicted octanol–water partition coefficient (Wildman–Crippen LogP) is 0.158. The Bertz CT molecular complexity index is 89.4. The van der Waals surface area contributed by atoms with Crippen molar-refractivity contribution < 1.29 is 0 Å². The van der Waals surface area contributed by atoms with E-state index in [1.807, 2.05) is 0 Å². The van der Waals surface area contributed by atoms with Crippen LogP contribution < -0.4 is 16.2 Å². The van der Waals surface area contributed by atoms with Gasteiger partial charge in [0.05, 0.1) is 12.8 Å². The predicted molar refractivity (Wildman–Crippen MR) is 40.0 cm³/mol. The smallest absolute Gasteiger partial charge is 0.0743 e. The number of hydrazine groups is 1. The van der Waals surface area contributed by atoms with Gasteiger partial charge >= 0.3 is 0 Å². The topological polar surface area (TPSA) is 36.1 Å². The van der Waals surface area contributed by atoms with E-state index in [4.69, 9.17) is 0 Å². The van der Waals surface area contributed by atoms with Crippen LogP contribution in [0.1, 0.15) is 25.7 Å². The van der Waals surface area contributed by atoms with E-state index in [2.05, 4.69) is 16.2 Å². The number of hydrogen-bond donors (Lipinski definition) is 3. The summed E-state index contributed by atoms with van der Waals surface area (Å²) >= 11 is 0. The summed E-state index contributed by atoms with van der Waals surface area (Å²) in [6.45, 7) is 0.918. The fourth-order valence-electron chi connectivity index (χ4n) is 1.95. The highest BCUT2D eigenvalue weighted by Crippen LogP contribution is 2.26. The molecule has 0 spiro atoms. The van der Waals surface area contributed by atoms with Crippen molar-refractivity contribution in [3.05, 3.63) is 0 Å². The Kier molecular flexibility index (Phi) is 1.88. The highest BCUT2D eigenvalue weighted by molar-refractivity contribution is 4.79. The summed E-state index contributed by atoms with van der Waals surface area (Å²) in [5.41, 5.74) is 6.33. The Morgan fingerprint density at radius 1 is 1.10 bits per heavy atom. The van der Waals surface area contributed by atoms with Crippen LogP contribution in [0, 0.1) is 5.92 Å². The van der Waals surface area contributed by atoms with Gasteiger partial charge < -0.3 is 0 Å². The van der Waals surface area contributed by atoms with Crippen molar-refractivity contribution in [2.45, 2.75) is 31.8 Å². The molecule has 0 radical (unpaired) electrons. The third-order valence-electron chi connectivity index (χ3n) is 2.54. The molecule has 0 aromatic carbocycles. The lowest BCUT2D eigenvalue weighted by Gasteiger charge is -2.16. The zero-order chi connectivity index (χ0) is 6.81. The molecular weight excluding hydrogens is 126 g/mol. The highest BCUT2D eigenvalue weighted by atomic mass is 15.5. The maximum atomic E-state index is 3.38. The summed E-state index contributed by atoms with van der Waals surface area (Å²) in [6.07, 6.45) is 6.18. The van der Waals surface area contributed by atoms with Crippen molar-refractivity contribution in [3.63, 3.8) is 0 Å². The summed E-state index contributed by atoms with van der Waals surface area (Å²) in [5, 5.41) is 3.38. The molecule has 2 aliphatic rings. The highest BCUT2D eigenvalue weighted by Gasteiger charge is 2.26. The van der Waals surface area contributed by atoms with Gasteiger partial charge in [0.1, 0.15) is 0 Å². The van der Waals surface area contributed by atoms with Crippen LogP contribution in [0.15, 0.2) is 0 Å². The van der Waals surface area contributed by atoms with Crippen LogP contribution in [0.4, 0.5) is 0 Å².